The second-order valence-corrected chi connectivity index (χ2v) is 6.02. The van der Waals surface area contributed by atoms with Crippen molar-refractivity contribution in [1.29, 1.82) is 0 Å². The minimum atomic E-state index is -0.951. The number of nitrogens with zero attached hydrogens (tertiary/aromatic N) is 1. The van der Waals surface area contributed by atoms with Crippen molar-refractivity contribution in [3.63, 3.8) is 0 Å². The average molecular weight is 273 g/mol. The zero-order valence-electron chi connectivity index (χ0n) is 12.7. The van der Waals surface area contributed by atoms with Crippen molar-refractivity contribution >= 4 is 5.69 Å². The van der Waals surface area contributed by atoms with Gasteiger partial charge < -0.3 is 14.7 Å². The lowest BCUT2D eigenvalue weighted by Gasteiger charge is -2.36. The van der Waals surface area contributed by atoms with Gasteiger partial charge in [0.25, 0.3) is 0 Å². The maximum Gasteiger partial charge on any atom is 0.120 e. The van der Waals surface area contributed by atoms with Crippen LogP contribution in [0.25, 0.3) is 0 Å². The lowest BCUT2D eigenvalue weighted by molar-refractivity contribution is -0.00521. The molecule has 1 fully saturated rings. The van der Waals surface area contributed by atoms with E-state index in [2.05, 4.69) is 42.7 Å². The predicted molar refractivity (Wildman–Crippen MR) is 81.8 cm³/mol. The summed E-state index contributed by atoms with van der Waals surface area (Å²) in [7, 11) is 0. The second-order valence-electron chi connectivity index (χ2n) is 6.02. The summed E-state index contributed by atoms with van der Waals surface area (Å²) in [5.74, 6) is 5.81. The molecule has 1 saturated heterocycles. The van der Waals surface area contributed by atoms with Crippen LogP contribution in [0.2, 0.25) is 0 Å². The van der Waals surface area contributed by atoms with E-state index >= 15 is 0 Å². The normalized spacial score (nSPS) is 23.1. The van der Waals surface area contributed by atoms with Crippen molar-refractivity contribution in [1.82, 2.24) is 0 Å². The highest BCUT2D eigenvalue weighted by atomic mass is 16.5. The molecule has 0 amide bonds. The molecule has 1 aromatic rings. The number of anilines is 1. The van der Waals surface area contributed by atoms with Crippen LogP contribution < -0.4 is 4.90 Å². The van der Waals surface area contributed by atoms with Crippen LogP contribution in [-0.4, -0.2) is 36.0 Å². The Balaban J connectivity index is 2.09. The number of aliphatic hydroxyl groups is 1. The third-order valence-corrected chi connectivity index (χ3v) is 3.16. The highest BCUT2D eigenvalue weighted by Gasteiger charge is 2.22. The molecule has 1 aromatic carbocycles. The van der Waals surface area contributed by atoms with Crippen molar-refractivity contribution in [3.05, 3.63) is 29.8 Å². The molecule has 1 heterocycles. The molecule has 1 aliphatic rings. The number of hydrogen-bond acceptors (Lipinski definition) is 3. The quantitative estimate of drug-likeness (QED) is 0.798. The Hall–Kier alpha value is -1.50. The van der Waals surface area contributed by atoms with Crippen LogP contribution >= 0.6 is 0 Å². The van der Waals surface area contributed by atoms with Gasteiger partial charge >= 0.3 is 0 Å². The van der Waals surface area contributed by atoms with Gasteiger partial charge in [0.15, 0.2) is 0 Å². The van der Waals surface area contributed by atoms with Gasteiger partial charge in [0.1, 0.15) is 5.60 Å². The van der Waals surface area contributed by atoms with E-state index in [0.29, 0.717) is 0 Å². The summed E-state index contributed by atoms with van der Waals surface area (Å²) >= 11 is 0. The third-order valence-electron chi connectivity index (χ3n) is 3.16. The van der Waals surface area contributed by atoms with E-state index in [9.17, 15) is 5.11 Å². The Morgan fingerprint density at radius 2 is 1.70 bits per heavy atom. The summed E-state index contributed by atoms with van der Waals surface area (Å²) in [4.78, 5) is 2.34. The number of rotatable bonds is 1. The van der Waals surface area contributed by atoms with Gasteiger partial charge in [0.2, 0.25) is 0 Å². The Morgan fingerprint density at radius 1 is 1.15 bits per heavy atom. The summed E-state index contributed by atoms with van der Waals surface area (Å²) < 4.78 is 5.75. The molecule has 3 heteroatoms. The smallest absolute Gasteiger partial charge is 0.120 e. The lowest BCUT2D eigenvalue weighted by Crippen LogP contribution is -2.45. The van der Waals surface area contributed by atoms with Gasteiger partial charge in [0.05, 0.1) is 12.2 Å². The fraction of sp³-hybridized carbons (Fsp3) is 0.529. The average Bonchev–Trinajstić information content (AvgIpc) is 2.35. The molecule has 0 bridgehead atoms. The van der Waals surface area contributed by atoms with E-state index in [0.717, 1.165) is 18.7 Å². The first-order valence-electron chi connectivity index (χ1n) is 7.09. The topological polar surface area (TPSA) is 32.7 Å². The molecular formula is C17H23NO2. The number of hydrogen-bond donors (Lipinski definition) is 1. The predicted octanol–water partition coefficient (Wildman–Crippen LogP) is 2.42. The first-order valence-corrected chi connectivity index (χ1v) is 7.09. The number of ether oxygens (including phenoxy) is 1. The van der Waals surface area contributed by atoms with Crippen molar-refractivity contribution in [2.75, 3.05) is 18.0 Å². The summed E-state index contributed by atoms with van der Waals surface area (Å²) in [6.45, 7) is 9.41. The van der Waals surface area contributed by atoms with E-state index in [1.165, 1.54) is 5.69 Å². The van der Waals surface area contributed by atoms with Crippen molar-refractivity contribution < 1.29 is 9.84 Å². The fourth-order valence-corrected chi connectivity index (χ4v) is 2.37. The highest BCUT2D eigenvalue weighted by Crippen LogP contribution is 2.20. The fourth-order valence-electron chi connectivity index (χ4n) is 2.37. The standard InChI is InChI=1S/C17H23NO2/c1-13-11-18(12-14(2)20-13)16-7-5-15(6-8-16)9-10-17(3,4)19/h5-8,13-14,19H,11-12H2,1-4H3. The van der Waals surface area contributed by atoms with Crippen molar-refractivity contribution in [2.24, 2.45) is 0 Å². The first-order chi connectivity index (χ1) is 9.33. The molecule has 3 nitrogen and oxygen atoms in total. The van der Waals surface area contributed by atoms with Gasteiger partial charge in [-0.1, -0.05) is 11.8 Å². The van der Waals surface area contributed by atoms with E-state index in [-0.39, 0.29) is 12.2 Å². The summed E-state index contributed by atoms with van der Waals surface area (Å²) in [5.41, 5.74) is 1.17. The highest BCUT2D eigenvalue weighted by molar-refractivity contribution is 5.51. The van der Waals surface area contributed by atoms with Gasteiger partial charge in [-0.15, -0.1) is 0 Å². The third kappa shape index (κ3) is 4.26. The van der Waals surface area contributed by atoms with Crippen LogP contribution in [0.4, 0.5) is 5.69 Å². The van der Waals surface area contributed by atoms with Crippen LogP contribution in [0, 0.1) is 11.8 Å². The molecular weight excluding hydrogens is 250 g/mol. The molecule has 0 aromatic heterocycles. The minimum absolute atomic E-state index is 0.258. The zero-order valence-corrected chi connectivity index (χ0v) is 12.7. The summed E-state index contributed by atoms with van der Waals surface area (Å²) in [6.07, 6.45) is 0.516. The Labute approximate surface area is 121 Å². The molecule has 0 aliphatic carbocycles. The first kappa shape index (κ1) is 14.9. The molecule has 0 spiro atoms. The molecule has 2 atom stereocenters. The molecule has 0 radical (unpaired) electrons. The number of benzene rings is 1. The maximum atomic E-state index is 9.60. The van der Waals surface area contributed by atoms with E-state index in [4.69, 9.17) is 4.74 Å². The van der Waals surface area contributed by atoms with Crippen LogP contribution in [0.15, 0.2) is 24.3 Å². The van der Waals surface area contributed by atoms with Gasteiger partial charge in [0, 0.05) is 24.3 Å². The molecule has 20 heavy (non-hydrogen) atoms. The van der Waals surface area contributed by atoms with Crippen LogP contribution in [0.1, 0.15) is 33.3 Å². The zero-order chi connectivity index (χ0) is 14.8. The summed E-state index contributed by atoms with van der Waals surface area (Å²) in [5, 5.41) is 9.60. The van der Waals surface area contributed by atoms with E-state index < -0.39 is 5.60 Å². The second kappa shape index (κ2) is 5.87. The van der Waals surface area contributed by atoms with E-state index in [1.54, 1.807) is 13.8 Å². The van der Waals surface area contributed by atoms with Crippen molar-refractivity contribution in [3.8, 4) is 11.8 Å². The SMILES string of the molecule is CC1CN(c2ccc(C#CC(C)(C)O)cc2)CC(C)O1. The van der Waals surface area contributed by atoms with Crippen LogP contribution in [0.3, 0.4) is 0 Å². The molecule has 0 saturated carbocycles. The monoisotopic (exact) mass is 273 g/mol. The molecule has 108 valence electrons. The van der Waals surface area contributed by atoms with Crippen LogP contribution in [-0.2, 0) is 4.74 Å². The Morgan fingerprint density at radius 3 is 2.20 bits per heavy atom. The van der Waals surface area contributed by atoms with Crippen LogP contribution in [0.5, 0.6) is 0 Å². The maximum absolute atomic E-state index is 9.60. The van der Waals surface area contributed by atoms with E-state index in [1.807, 2.05) is 12.1 Å². The van der Waals surface area contributed by atoms with Gasteiger partial charge in [-0.05, 0) is 52.0 Å². The lowest BCUT2D eigenvalue weighted by atomic mass is 10.1. The molecule has 2 unspecified atom stereocenters. The molecule has 1 N–H and O–H groups in total. The Kier molecular flexibility index (Phi) is 4.37. The van der Waals surface area contributed by atoms with Crippen molar-refractivity contribution in [2.45, 2.75) is 45.5 Å². The minimum Gasteiger partial charge on any atom is -0.378 e. The van der Waals surface area contributed by atoms with Gasteiger partial charge in [-0.25, -0.2) is 0 Å². The van der Waals surface area contributed by atoms with Gasteiger partial charge in [-0.3, -0.25) is 0 Å². The largest absolute Gasteiger partial charge is 0.378 e. The molecule has 1 aliphatic heterocycles. The number of morpholine rings is 1. The van der Waals surface area contributed by atoms with Gasteiger partial charge in [-0.2, -0.15) is 0 Å². The molecule has 2 rings (SSSR count). The Bertz CT molecular complexity index is 495. The summed E-state index contributed by atoms with van der Waals surface area (Å²) in [6, 6.07) is 8.16.